The fourth-order valence-corrected chi connectivity index (χ4v) is 2.01. The average molecular weight is 241 g/mol. The van der Waals surface area contributed by atoms with Crippen LogP contribution in [-0.2, 0) is 26.5 Å². The van der Waals surface area contributed by atoms with E-state index < -0.39 is 0 Å². The SMILES string of the molecule is CCC(OC)C1=[C-]C(C)(C)C(C)=C1C.[Ti]. The average Bonchev–Trinajstić information content (AvgIpc) is 2.33. The summed E-state index contributed by atoms with van der Waals surface area (Å²) in [6.07, 6.45) is 4.78. The Hall–Kier alpha value is 0.154. The maximum Gasteiger partial charge on any atom is 0.0491 e. The number of hydrogen-bond acceptors (Lipinski definition) is 1. The molecular formula is C13H21OTi-. The van der Waals surface area contributed by atoms with Crippen molar-refractivity contribution in [2.75, 3.05) is 7.11 Å². The molecule has 0 N–H and O–H groups in total. The van der Waals surface area contributed by atoms with E-state index in [1.807, 2.05) is 0 Å². The van der Waals surface area contributed by atoms with Crippen LogP contribution < -0.4 is 0 Å². The Bertz CT molecular complexity index is 283. The molecule has 0 heterocycles. The van der Waals surface area contributed by atoms with Crippen molar-refractivity contribution in [1.29, 1.82) is 0 Å². The summed E-state index contributed by atoms with van der Waals surface area (Å²) in [5.74, 6) is 0. The van der Waals surface area contributed by atoms with E-state index in [0.29, 0.717) is 0 Å². The van der Waals surface area contributed by atoms with Crippen LogP contribution >= 0.6 is 0 Å². The number of hydrogen-bond donors (Lipinski definition) is 0. The fourth-order valence-electron chi connectivity index (χ4n) is 2.01. The largest absolute Gasteiger partial charge is 0.380 e. The minimum atomic E-state index is 0. The van der Waals surface area contributed by atoms with Crippen LogP contribution in [-0.4, -0.2) is 13.2 Å². The monoisotopic (exact) mass is 241 g/mol. The molecular weight excluding hydrogens is 220 g/mol. The van der Waals surface area contributed by atoms with E-state index in [0.717, 1.165) is 6.42 Å². The van der Waals surface area contributed by atoms with E-state index >= 15 is 0 Å². The van der Waals surface area contributed by atoms with Gasteiger partial charge >= 0.3 is 0 Å². The third kappa shape index (κ3) is 2.84. The van der Waals surface area contributed by atoms with Crippen LogP contribution in [0.3, 0.4) is 0 Å². The number of methoxy groups -OCH3 is 1. The molecule has 1 rings (SSSR count). The smallest absolute Gasteiger partial charge is 0.0491 e. The Kier molecular flexibility index (Phi) is 5.53. The van der Waals surface area contributed by atoms with Gasteiger partial charge in [-0.25, -0.2) is 0 Å². The van der Waals surface area contributed by atoms with Gasteiger partial charge in [-0.2, -0.15) is 16.7 Å². The van der Waals surface area contributed by atoms with Gasteiger partial charge < -0.3 is 4.74 Å². The topological polar surface area (TPSA) is 9.23 Å². The zero-order chi connectivity index (χ0) is 10.9. The number of allylic oxidation sites excluding steroid dienone is 2. The summed E-state index contributed by atoms with van der Waals surface area (Å²) in [4.78, 5) is 0. The van der Waals surface area contributed by atoms with E-state index in [2.05, 4.69) is 40.7 Å². The van der Waals surface area contributed by atoms with Crippen LogP contribution in [0.1, 0.15) is 41.0 Å². The third-order valence-corrected chi connectivity index (χ3v) is 3.33. The maximum atomic E-state index is 5.46. The minimum Gasteiger partial charge on any atom is -0.380 e. The first-order valence-corrected chi connectivity index (χ1v) is 5.30. The molecule has 0 aromatic heterocycles. The molecule has 1 atom stereocenters. The molecule has 0 saturated carbocycles. The van der Waals surface area contributed by atoms with Gasteiger partial charge in [-0.05, 0) is 6.42 Å². The van der Waals surface area contributed by atoms with E-state index in [1.54, 1.807) is 7.11 Å². The molecule has 0 spiro atoms. The summed E-state index contributed by atoms with van der Waals surface area (Å²) in [5.41, 5.74) is 4.13. The van der Waals surface area contributed by atoms with Crippen molar-refractivity contribution in [3.8, 4) is 0 Å². The van der Waals surface area contributed by atoms with Crippen molar-refractivity contribution in [3.63, 3.8) is 0 Å². The van der Waals surface area contributed by atoms with Gasteiger partial charge in [0.25, 0.3) is 0 Å². The molecule has 1 aliphatic rings. The Labute approximate surface area is 109 Å². The van der Waals surface area contributed by atoms with Crippen LogP contribution in [0.15, 0.2) is 16.7 Å². The van der Waals surface area contributed by atoms with Crippen molar-refractivity contribution < 1.29 is 26.5 Å². The molecule has 0 radical (unpaired) electrons. The van der Waals surface area contributed by atoms with Crippen molar-refractivity contribution in [1.82, 2.24) is 0 Å². The van der Waals surface area contributed by atoms with Crippen molar-refractivity contribution >= 4 is 0 Å². The van der Waals surface area contributed by atoms with Gasteiger partial charge in [0, 0.05) is 34.9 Å². The second-order valence-corrected chi connectivity index (χ2v) is 4.55. The summed E-state index contributed by atoms with van der Waals surface area (Å²) in [5, 5.41) is 0. The standard InChI is InChI=1S/C13H21O.Ti/c1-7-12(14-6)11-8-13(4,5)10(3)9(11)2;/h12H,7H2,1-6H3;/q-1;. The van der Waals surface area contributed by atoms with Gasteiger partial charge in [0.15, 0.2) is 0 Å². The molecule has 0 saturated heterocycles. The quantitative estimate of drug-likeness (QED) is 0.542. The van der Waals surface area contributed by atoms with E-state index in [4.69, 9.17) is 4.74 Å². The molecule has 0 amide bonds. The fraction of sp³-hybridized carbons (Fsp3) is 0.692. The van der Waals surface area contributed by atoms with Crippen LogP contribution in [0.4, 0.5) is 0 Å². The number of ether oxygens (including phenoxy) is 1. The van der Waals surface area contributed by atoms with Crippen LogP contribution in [0, 0.1) is 11.5 Å². The predicted molar refractivity (Wildman–Crippen MR) is 60.0 cm³/mol. The summed E-state index contributed by atoms with van der Waals surface area (Å²) in [7, 11) is 1.77. The molecule has 0 aromatic rings. The van der Waals surface area contributed by atoms with Gasteiger partial charge in [-0.1, -0.05) is 33.1 Å². The van der Waals surface area contributed by atoms with Crippen LogP contribution in [0.2, 0.25) is 0 Å². The molecule has 0 aliphatic heterocycles. The summed E-state index contributed by atoms with van der Waals surface area (Å²) >= 11 is 0. The second kappa shape index (κ2) is 5.47. The van der Waals surface area contributed by atoms with Gasteiger partial charge in [-0.15, -0.1) is 6.92 Å². The van der Waals surface area contributed by atoms with Gasteiger partial charge in [0.05, 0.1) is 0 Å². The van der Waals surface area contributed by atoms with Crippen molar-refractivity contribution in [2.24, 2.45) is 5.41 Å². The molecule has 15 heavy (non-hydrogen) atoms. The Balaban J connectivity index is 0.00000196. The summed E-state index contributed by atoms with van der Waals surface area (Å²) in [6, 6.07) is 0. The van der Waals surface area contributed by atoms with Gasteiger partial charge in [0.1, 0.15) is 0 Å². The first-order valence-electron chi connectivity index (χ1n) is 5.30. The third-order valence-electron chi connectivity index (χ3n) is 3.33. The molecule has 84 valence electrons. The Morgan fingerprint density at radius 3 is 2.13 bits per heavy atom. The first-order chi connectivity index (χ1) is 6.44. The van der Waals surface area contributed by atoms with E-state index in [9.17, 15) is 0 Å². The molecule has 0 bridgehead atoms. The number of rotatable bonds is 3. The normalized spacial score (nSPS) is 21.1. The zero-order valence-electron chi connectivity index (χ0n) is 10.7. The first kappa shape index (κ1) is 15.2. The zero-order valence-corrected chi connectivity index (χ0v) is 12.3. The summed E-state index contributed by atoms with van der Waals surface area (Å²) < 4.78 is 5.46. The van der Waals surface area contributed by atoms with E-state index in [-0.39, 0.29) is 33.2 Å². The molecule has 1 unspecified atom stereocenters. The van der Waals surface area contributed by atoms with E-state index in [1.165, 1.54) is 16.7 Å². The Morgan fingerprint density at radius 1 is 1.33 bits per heavy atom. The van der Waals surface area contributed by atoms with Gasteiger partial charge in [-0.3, -0.25) is 6.08 Å². The Morgan fingerprint density at radius 2 is 1.87 bits per heavy atom. The molecule has 2 heteroatoms. The molecule has 1 nitrogen and oxygen atoms in total. The second-order valence-electron chi connectivity index (χ2n) is 4.55. The predicted octanol–water partition coefficient (Wildman–Crippen LogP) is 3.51. The maximum absolute atomic E-state index is 5.46. The molecule has 0 aromatic carbocycles. The molecule has 1 aliphatic carbocycles. The van der Waals surface area contributed by atoms with Crippen molar-refractivity contribution in [2.45, 2.75) is 47.1 Å². The van der Waals surface area contributed by atoms with Crippen molar-refractivity contribution in [3.05, 3.63) is 22.8 Å². The van der Waals surface area contributed by atoms with Crippen LogP contribution in [0.5, 0.6) is 0 Å². The van der Waals surface area contributed by atoms with Crippen LogP contribution in [0.25, 0.3) is 0 Å². The minimum absolute atomic E-state index is 0. The molecule has 0 fully saturated rings. The summed E-state index contributed by atoms with van der Waals surface area (Å²) in [6.45, 7) is 10.9. The van der Waals surface area contributed by atoms with Gasteiger partial charge in [0.2, 0.25) is 0 Å².